The monoisotopic (exact) mass is 473 g/mol. The van der Waals surface area contributed by atoms with Gasteiger partial charge in [0.1, 0.15) is 22.7 Å². The number of nitrogens with one attached hydrogen (secondary N) is 1. The van der Waals surface area contributed by atoms with Crippen molar-refractivity contribution < 1.29 is 22.3 Å². The summed E-state index contributed by atoms with van der Waals surface area (Å²) in [5.41, 5.74) is 4.10. The van der Waals surface area contributed by atoms with Crippen molar-refractivity contribution in [3.8, 4) is 0 Å². The predicted molar refractivity (Wildman–Crippen MR) is 130 cm³/mol. The Labute approximate surface area is 198 Å². The Morgan fingerprint density at radius 2 is 1.67 bits per heavy atom. The fourth-order valence-corrected chi connectivity index (χ4v) is 3.36. The van der Waals surface area contributed by atoms with Crippen LogP contribution in [0.25, 0.3) is 0 Å². The molecule has 0 spiro atoms. The van der Waals surface area contributed by atoms with E-state index in [4.69, 9.17) is 0 Å². The van der Waals surface area contributed by atoms with E-state index in [1.807, 2.05) is 36.9 Å². The number of carbonyl (C=O) groups is 1. The second-order valence-electron chi connectivity index (χ2n) is 7.77. The van der Waals surface area contributed by atoms with Crippen LogP contribution in [0.15, 0.2) is 71.4 Å². The van der Waals surface area contributed by atoms with E-state index in [0.717, 1.165) is 24.8 Å². The quantitative estimate of drug-likeness (QED) is 0.123. The summed E-state index contributed by atoms with van der Waals surface area (Å²) in [4.78, 5) is 11.6. The third-order valence-electron chi connectivity index (χ3n) is 4.76. The van der Waals surface area contributed by atoms with Crippen molar-refractivity contribution in [3.05, 3.63) is 72.6 Å². The van der Waals surface area contributed by atoms with Crippen LogP contribution in [0.1, 0.15) is 67.3 Å². The minimum absolute atomic E-state index is 0.172. The molecule has 0 unspecified atom stereocenters. The molecular weight excluding hydrogens is 438 g/mol. The Bertz CT molecular complexity index is 987. The molecule has 180 valence electrons. The molecule has 1 aromatic heterocycles. The van der Waals surface area contributed by atoms with Crippen LogP contribution in [-0.4, -0.2) is 25.1 Å². The summed E-state index contributed by atoms with van der Waals surface area (Å²) >= 11 is 0. The number of hydrogen-bond donors (Lipinski definition) is 1. The van der Waals surface area contributed by atoms with Gasteiger partial charge in [0.15, 0.2) is 12.4 Å². The summed E-state index contributed by atoms with van der Waals surface area (Å²) in [7, 11) is -2.38. The lowest BCUT2D eigenvalue weighted by Gasteiger charge is -2.05. The van der Waals surface area contributed by atoms with E-state index in [-0.39, 0.29) is 10.8 Å². The third kappa shape index (κ3) is 13.3. The maximum Gasteiger partial charge on any atom is 0.277 e. The molecule has 2 aromatic rings. The number of amides is 1. The fraction of sp³-hybridized carbons (Fsp3) is 0.400. The number of unbranched alkanes of at least 4 members (excludes halogenated alkanes) is 7. The van der Waals surface area contributed by atoms with Crippen LogP contribution < -0.4 is 9.99 Å². The molecule has 2 rings (SSSR count). The Balaban J connectivity index is 0.000000412. The van der Waals surface area contributed by atoms with Crippen molar-refractivity contribution in [2.75, 3.05) is 0 Å². The standard InChI is InChI=1S/C18H27N3O.C7H8O3S/c1-3-4-5-6-7-8-9-10-11-14-19-20-18(22)17-13-12-15-21(2)16-17;1-6-2-4-7(5-3-6)11(8,9)10/h3,12-16H,1,4-11H2,2H3;2-5H,1H3,(H,8,9,10)/b19-14-;. The number of pyridine rings is 1. The summed E-state index contributed by atoms with van der Waals surface area (Å²) in [6.45, 7) is 5.55. The van der Waals surface area contributed by atoms with Crippen LogP contribution in [-0.2, 0) is 17.2 Å². The largest absolute Gasteiger partial charge is 0.744 e. The van der Waals surface area contributed by atoms with Gasteiger partial charge >= 0.3 is 0 Å². The van der Waals surface area contributed by atoms with E-state index in [9.17, 15) is 17.8 Å². The molecule has 0 aliphatic heterocycles. The highest BCUT2D eigenvalue weighted by Gasteiger charge is 2.07. The molecule has 1 aromatic carbocycles. The molecule has 1 amide bonds. The Kier molecular flexibility index (Phi) is 13.6. The SMILES string of the molecule is C=CCCCCCCCC/C=N\NC(=O)c1ccc[n+](C)c1.Cc1ccc(S(=O)(=O)[O-])cc1. The number of rotatable bonds is 12. The number of carbonyl (C=O) groups excluding carboxylic acids is 1. The van der Waals surface area contributed by atoms with Crippen molar-refractivity contribution in [2.24, 2.45) is 12.1 Å². The molecule has 0 saturated carbocycles. The highest BCUT2D eigenvalue weighted by molar-refractivity contribution is 7.85. The van der Waals surface area contributed by atoms with Crippen molar-refractivity contribution >= 4 is 22.2 Å². The van der Waals surface area contributed by atoms with Crippen molar-refractivity contribution in [2.45, 2.75) is 63.2 Å². The number of benzene rings is 1. The molecule has 33 heavy (non-hydrogen) atoms. The zero-order valence-electron chi connectivity index (χ0n) is 19.6. The number of aromatic nitrogens is 1. The lowest BCUT2D eigenvalue weighted by Crippen LogP contribution is -2.29. The van der Waals surface area contributed by atoms with Crippen LogP contribution >= 0.6 is 0 Å². The normalized spacial score (nSPS) is 11.0. The van der Waals surface area contributed by atoms with Gasteiger partial charge in [-0.3, -0.25) is 4.79 Å². The minimum atomic E-state index is -4.27. The number of hydrazone groups is 1. The van der Waals surface area contributed by atoms with Gasteiger partial charge in [0.25, 0.3) is 5.91 Å². The molecule has 0 radical (unpaired) electrons. The van der Waals surface area contributed by atoms with Gasteiger partial charge in [-0.05, 0) is 50.8 Å². The maximum absolute atomic E-state index is 11.8. The zero-order chi connectivity index (χ0) is 24.5. The van der Waals surface area contributed by atoms with Crippen molar-refractivity contribution in [1.29, 1.82) is 0 Å². The van der Waals surface area contributed by atoms with E-state index >= 15 is 0 Å². The Hall–Kier alpha value is -2.84. The van der Waals surface area contributed by atoms with E-state index in [1.54, 1.807) is 30.6 Å². The predicted octanol–water partition coefficient (Wildman–Crippen LogP) is 4.43. The maximum atomic E-state index is 11.8. The van der Waals surface area contributed by atoms with E-state index < -0.39 is 10.1 Å². The smallest absolute Gasteiger partial charge is 0.277 e. The minimum Gasteiger partial charge on any atom is -0.744 e. The lowest BCUT2D eigenvalue weighted by molar-refractivity contribution is -0.671. The molecule has 1 N–H and O–H groups in total. The van der Waals surface area contributed by atoms with Gasteiger partial charge < -0.3 is 4.55 Å². The van der Waals surface area contributed by atoms with Crippen LogP contribution in [0.5, 0.6) is 0 Å². The van der Waals surface area contributed by atoms with Crippen LogP contribution in [0.2, 0.25) is 0 Å². The van der Waals surface area contributed by atoms with Crippen molar-refractivity contribution in [1.82, 2.24) is 5.43 Å². The van der Waals surface area contributed by atoms with Gasteiger partial charge in [-0.1, -0.05) is 49.5 Å². The molecule has 0 saturated heterocycles. The van der Waals surface area contributed by atoms with Crippen LogP contribution in [0.4, 0.5) is 0 Å². The van der Waals surface area contributed by atoms with Crippen molar-refractivity contribution in [3.63, 3.8) is 0 Å². The second kappa shape index (κ2) is 15.9. The van der Waals surface area contributed by atoms with Gasteiger partial charge in [0.05, 0.1) is 4.90 Å². The molecule has 0 atom stereocenters. The number of nitrogens with zero attached hydrogens (tertiary/aromatic N) is 2. The summed E-state index contributed by atoms with van der Waals surface area (Å²) < 4.78 is 33.0. The third-order valence-corrected chi connectivity index (χ3v) is 5.61. The average Bonchev–Trinajstić information content (AvgIpc) is 2.77. The zero-order valence-corrected chi connectivity index (χ0v) is 20.4. The molecule has 0 fully saturated rings. The highest BCUT2D eigenvalue weighted by atomic mass is 32.2. The molecule has 1 heterocycles. The average molecular weight is 474 g/mol. The van der Waals surface area contributed by atoms with Crippen LogP contribution in [0.3, 0.4) is 0 Å². The second-order valence-corrected chi connectivity index (χ2v) is 9.14. The molecule has 0 bridgehead atoms. The Morgan fingerprint density at radius 3 is 2.24 bits per heavy atom. The number of hydrogen-bond acceptors (Lipinski definition) is 5. The topological polar surface area (TPSA) is 103 Å². The molecular formula is C25H35N3O4S. The van der Waals surface area contributed by atoms with Gasteiger partial charge in [-0.2, -0.15) is 5.10 Å². The Morgan fingerprint density at radius 1 is 1.06 bits per heavy atom. The highest BCUT2D eigenvalue weighted by Crippen LogP contribution is 2.09. The molecule has 0 aliphatic carbocycles. The first-order chi connectivity index (χ1) is 15.7. The van der Waals surface area contributed by atoms with Gasteiger partial charge in [-0.25, -0.2) is 18.4 Å². The first-order valence-electron chi connectivity index (χ1n) is 11.1. The van der Waals surface area contributed by atoms with Gasteiger partial charge in [-0.15, -0.1) is 6.58 Å². The van der Waals surface area contributed by atoms with Crippen LogP contribution in [0, 0.1) is 6.92 Å². The summed E-state index contributed by atoms with van der Waals surface area (Å²) in [5.74, 6) is -0.172. The summed E-state index contributed by atoms with van der Waals surface area (Å²) in [6, 6.07) is 9.40. The first kappa shape index (κ1) is 28.2. The van der Waals surface area contributed by atoms with Gasteiger partial charge in [0.2, 0.25) is 0 Å². The molecule has 8 heteroatoms. The molecule has 0 aliphatic rings. The lowest BCUT2D eigenvalue weighted by atomic mass is 10.1. The van der Waals surface area contributed by atoms with E-state index in [2.05, 4.69) is 17.1 Å². The van der Waals surface area contributed by atoms with E-state index in [0.29, 0.717) is 5.56 Å². The molecule has 7 nitrogen and oxygen atoms in total. The first-order valence-corrected chi connectivity index (χ1v) is 12.6. The fourth-order valence-electron chi connectivity index (χ4n) is 2.89. The van der Waals surface area contributed by atoms with Gasteiger partial charge in [0, 0.05) is 12.3 Å². The number of aryl methyl sites for hydroxylation is 2. The summed E-state index contributed by atoms with van der Waals surface area (Å²) in [6.07, 6.45) is 17.0. The van der Waals surface area contributed by atoms with E-state index in [1.165, 1.54) is 44.2 Å². The summed E-state index contributed by atoms with van der Waals surface area (Å²) in [5, 5.41) is 3.99. The number of allylic oxidation sites excluding steroid dienone is 1.